The van der Waals surface area contributed by atoms with E-state index < -0.39 is 0 Å². The third kappa shape index (κ3) is 4.07. The maximum atomic E-state index is 11.9. The molecular formula is C14H24N2O5. The molecule has 2 fully saturated rings. The Morgan fingerprint density at radius 3 is 2.48 bits per heavy atom. The van der Waals surface area contributed by atoms with Gasteiger partial charge in [0, 0.05) is 32.2 Å². The summed E-state index contributed by atoms with van der Waals surface area (Å²) in [7, 11) is 2.80. The summed E-state index contributed by atoms with van der Waals surface area (Å²) in [5.41, 5.74) is 0. The number of nitrogens with zero attached hydrogens (tertiary/aromatic N) is 2. The average Bonchev–Trinajstić information content (AvgIpc) is 2.54. The second kappa shape index (κ2) is 7.61. The van der Waals surface area contributed by atoms with Crippen LogP contribution in [0.4, 0.5) is 4.79 Å². The van der Waals surface area contributed by atoms with Gasteiger partial charge < -0.3 is 19.1 Å². The molecule has 0 saturated carbocycles. The van der Waals surface area contributed by atoms with Crippen LogP contribution in [0.3, 0.4) is 0 Å². The van der Waals surface area contributed by atoms with Crippen LogP contribution in [0.25, 0.3) is 0 Å². The molecule has 0 spiro atoms. The van der Waals surface area contributed by atoms with Crippen molar-refractivity contribution < 1.29 is 23.8 Å². The van der Waals surface area contributed by atoms with Crippen LogP contribution in [-0.4, -0.2) is 81.5 Å². The van der Waals surface area contributed by atoms with Gasteiger partial charge >= 0.3 is 12.1 Å². The molecule has 2 rings (SSSR count). The van der Waals surface area contributed by atoms with Crippen LogP contribution >= 0.6 is 0 Å². The van der Waals surface area contributed by atoms with Gasteiger partial charge in [-0.15, -0.1) is 0 Å². The van der Waals surface area contributed by atoms with Crippen LogP contribution in [0.5, 0.6) is 0 Å². The molecule has 1 amide bonds. The number of hydrogen-bond acceptors (Lipinski definition) is 6. The number of morpholine rings is 1. The third-order valence-electron chi connectivity index (χ3n) is 4.23. The number of likely N-dealkylation sites (tertiary alicyclic amines) is 1. The lowest BCUT2D eigenvalue weighted by Gasteiger charge is -2.40. The van der Waals surface area contributed by atoms with Crippen molar-refractivity contribution in [3.05, 3.63) is 0 Å². The second-order valence-corrected chi connectivity index (χ2v) is 5.47. The smallest absolute Gasteiger partial charge is 0.409 e. The number of carbonyl (C=O) groups excluding carboxylic acids is 2. The van der Waals surface area contributed by atoms with Gasteiger partial charge in [0.05, 0.1) is 33.4 Å². The highest BCUT2D eigenvalue weighted by Crippen LogP contribution is 2.25. The Bertz CT molecular complexity index is 370. The maximum Gasteiger partial charge on any atom is 0.409 e. The van der Waals surface area contributed by atoms with Gasteiger partial charge in [-0.3, -0.25) is 9.69 Å². The Morgan fingerprint density at radius 1 is 1.14 bits per heavy atom. The molecule has 0 aromatic heterocycles. The molecule has 2 heterocycles. The molecule has 7 heteroatoms. The molecule has 21 heavy (non-hydrogen) atoms. The normalized spacial score (nSPS) is 27.2. The van der Waals surface area contributed by atoms with Gasteiger partial charge in [0.2, 0.25) is 0 Å². The largest absolute Gasteiger partial charge is 0.469 e. The second-order valence-electron chi connectivity index (χ2n) is 5.47. The lowest BCUT2D eigenvalue weighted by Crippen LogP contribution is -2.53. The van der Waals surface area contributed by atoms with Crippen molar-refractivity contribution in [3.8, 4) is 0 Å². The first-order valence-corrected chi connectivity index (χ1v) is 7.38. The molecule has 0 unspecified atom stereocenters. The first-order chi connectivity index (χ1) is 10.2. The zero-order chi connectivity index (χ0) is 15.2. The van der Waals surface area contributed by atoms with Crippen LogP contribution in [0.1, 0.15) is 12.8 Å². The molecule has 120 valence electrons. The summed E-state index contributed by atoms with van der Waals surface area (Å²) >= 11 is 0. The fourth-order valence-corrected chi connectivity index (χ4v) is 3.04. The molecular weight excluding hydrogens is 276 g/mol. The number of carbonyl (C=O) groups is 2. The highest BCUT2D eigenvalue weighted by molar-refractivity contribution is 5.73. The van der Waals surface area contributed by atoms with Crippen LogP contribution in [-0.2, 0) is 19.0 Å². The third-order valence-corrected chi connectivity index (χ3v) is 4.23. The molecule has 2 aliphatic rings. The van der Waals surface area contributed by atoms with Gasteiger partial charge in [0.1, 0.15) is 0 Å². The van der Waals surface area contributed by atoms with E-state index in [0.717, 1.165) is 19.6 Å². The topological polar surface area (TPSA) is 68.3 Å². The lowest BCUT2D eigenvalue weighted by atomic mass is 9.90. The lowest BCUT2D eigenvalue weighted by molar-refractivity contribution is -0.147. The summed E-state index contributed by atoms with van der Waals surface area (Å²) < 4.78 is 15.0. The minimum atomic E-state index is -0.323. The van der Waals surface area contributed by atoms with Crippen molar-refractivity contribution in [2.45, 2.75) is 18.9 Å². The number of amides is 1. The Kier molecular flexibility index (Phi) is 5.81. The van der Waals surface area contributed by atoms with Crippen molar-refractivity contribution in [3.63, 3.8) is 0 Å². The van der Waals surface area contributed by atoms with E-state index in [1.807, 2.05) is 0 Å². The van der Waals surface area contributed by atoms with Crippen molar-refractivity contribution >= 4 is 12.1 Å². The molecule has 0 aromatic carbocycles. The fraction of sp³-hybridized carbons (Fsp3) is 0.857. The van der Waals surface area contributed by atoms with Crippen molar-refractivity contribution in [2.24, 2.45) is 5.92 Å². The van der Waals surface area contributed by atoms with Gasteiger partial charge in [-0.05, 0) is 12.8 Å². The van der Waals surface area contributed by atoms with E-state index >= 15 is 0 Å². The number of ether oxygens (including phenoxy) is 3. The number of hydrogen-bond donors (Lipinski definition) is 0. The Balaban J connectivity index is 2.01. The summed E-state index contributed by atoms with van der Waals surface area (Å²) in [5, 5.41) is 0. The molecule has 2 aliphatic heterocycles. The number of esters is 1. The van der Waals surface area contributed by atoms with Gasteiger partial charge in [0.25, 0.3) is 0 Å². The summed E-state index contributed by atoms with van der Waals surface area (Å²) in [6, 6.07) is -0.0200. The number of rotatable bonds is 3. The number of methoxy groups -OCH3 is 2. The summed E-state index contributed by atoms with van der Waals surface area (Å²) in [6.07, 6.45) is 0.928. The average molecular weight is 300 g/mol. The predicted octanol–water partition coefficient (Wildman–Crippen LogP) is 0.339. The van der Waals surface area contributed by atoms with Crippen molar-refractivity contribution in [2.75, 3.05) is 53.6 Å². The highest BCUT2D eigenvalue weighted by Gasteiger charge is 2.36. The predicted molar refractivity (Wildman–Crippen MR) is 74.9 cm³/mol. The van der Waals surface area contributed by atoms with Gasteiger partial charge in [-0.2, -0.15) is 0 Å². The molecule has 2 atom stereocenters. The summed E-state index contributed by atoms with van der Waals surface area (Å²) in [6.45, 7) is 4.41. The summed E-state index contributed by atoms with van der Waals surface area (Å²) in [4.78, 5) is 27.7. The van der Waals surface area contributed by atoms with E-state index in [2.05, 4.69) is 4.90 Å². The highest BCUT2D eigenvalue weighted by atomic mass is 16.5. The molecule has 7 nitrogen and oxygen atoms in total. The van der Waals surface area contributed by atoms with Gasteiger partial charge in [-0.1, -0.05) is 0 Å². The molecule has 0 N–H and O–H groups in total. The number of piperidine rings is 1. The van der Waals surface area contributed by atoms with Crippen LogP contribution in [0, 0.1) is 5.92 Å². The van der Waals surface area contributed by atoms with E-state index in [0.29, 0.717) is 32.6 Å². The summed E-state index contributed by atoms with van der Waals surface area (Å²) in [5.74, 6) is -0.326. The fourth-order valence-electron chi connectivity index (χ4n) is 3.04. The molecule has 0 aromatic rings. The van der Waals surface area contributed by atoms with Gasteiger partial charge in [0.15, 0.2) is 0 Å². The Morgan fingerprint density at radius 2 is 1.86 bits per heavy atom. The molecule has 2 saturated heterocycles. The Labute approximate surface area is 125 Å². The van der Waals surface area contributed by atoms with Gasteiger partial charge in [-0.25, -0.2) is 4.79 Å². The van der Waals surface area contributed by atoms with Crippen molar-refractivity contribution in [1.29, 1.82) is 0 Å². The zero-order valence-corrected chi connectivity index (χ0v) is 12.7. The van der Waals surface area contributed by atoms with E-state index in [9.17, 15) is 9.59 Å². The standard InChI is InChI=1S/C14H24N2O5/c1-19-13(17)11-3-4-16(14(18)20-2)12(9-11)10-15-5-7-21-8-6-15/h11-12H,3-10H2,1-2H3/t11-,12-/m1/s1. The minimum Gasteiger partial charge on any atom is -0.469 e. The van der Waals surface area contributed by atoms with Crippen LogP contribution in [0.2, 0.25) is 0 Å². The molecule has 0 bridgehead atoms. The quantitative estimate of drug-likeness (QED) is 0.700. The molecule has 0 aliphatic carbocycles. The van der Waals surface area contributed by atoms with E-state index in [1.54, 1.807) is 4.90 Å². The first-order valence-electron chi connectivity index (χ1n) is 7.38. The van der Waals surface area contributed by atoms with E-state index in [1.165, 1.54) is 14.2 Å². The van der Waals surface area contributed by atoms with E-state index in [-0.39, 0.29) is 24.0 Å². The SMILES string of the molecule is COC(=O)[C@@H]1CCN(C(=O)OC)[C@@H](CN2CCOCC2)C1. The minimum absolute atomic E-state index is 0.0200. The van der Waals surface area contributed by atoms with Crippen LogP contribution < -0.4 is 0 Å². The molecule has 0 radical (unpaired) electrons. The first kappa shape index (κ1) is 16.0. The maximum absolute atomic E-state index is 11.9. The zero-order valence-electron chi connectivity index (χ0n) is 12.7. The Hall–Kier alpha value is -1.34. The van der Waals surface area contributed by atoms with Crippen LogP contribution in [0.15, 0.2) is 0 Å². The van der Waals surface area contributed by atoms with Crippen molar-refractivity contribution in [1.82, 2.24) is 9.80 Å². The monoisotopic (exact) mass is 300 g/mol. The van der Waals surface area contributed by atoms with E-state index in [4.69, 9.17) is 14.2 Å².